The van der Waals surface area contributed by atoms with Crippen LogP contribution < -0.4 is 5.32 Å². The highest BCUT2D eigenvalue weighted by molar-refractivity contribution is 7.14. The van der Waals surface area contributed by atoms with E-state index in [9.17, 15) is 0 Å². The van der Waals surface area contributed by atoms with E-state index >= 15 is 0 Å². The molecular weight excluding hydrogens is 316 g/mol. The number of imidazole rings is 1. The van der Waals surface area contributed by atoms with Crippen LogP contribution in [0.25, 0.3) is 17.0 Å². The first-order chi connectivity index (χ1) is 11.6. The first-order valence-corrected chi connectivity index (χ1v) is 8.73. The van der Waals surface area contributed by atoms with Crippen molar-refractivity contribution in [1.82, 2.24) is 14.4 Å². The van der Waals surface area contributed by atoms with Crippen LogP contribution in [0.3, 0.4) is 0 Å². The molecule has 3 heterocycles. The largest absolute Gasteiger partial charge is 0.331 e. The fourth-order valence-electron chi connectivity index (χ4n) is 2.93. The van der Waals surface area contributed by atoms with E-state index < -0.39 is 0 Å². The van der Waals surface area contributed by atoms with Gasteiger partial charge < -0.3 is 5.32 Å². The number of aromatic nitrogens is 3. The Morgan fingerprint density at radius 2 is 1.92 bits per heavy atom. The Labute approximate surface area is 144 Å². The summed E-state index contributed by atoms with van der Waals surface area (Å²) in [5, 5.41) is 6.40. The molecule has 0 aliphatic heterocycles. The van der Waals surface area contributed by atoms with E-state index in [0.29, 0.717) is 0 Å². The Morgan fingerprint density at radius 1 is 1.04 bits per heavy atom. The highest BCUT2D eigenvalue weighted by Gasteiger charge is 2.14. The summed E-state index contributed by atoms with van der Waals surface area (Å²) in [5.41, 5.74) is 7.51. The van der Waals surface area contributed by atoms with E-state index in [-0.39, 0.29) is 0 Å². The topological polar surface area (TPSA) is 42.2 Å². The van der Waals surface area contributed by atoms with Crippen molar-refractivity contribution >= 4 is 27.8 Å². The number of nitrogens with one attached hydrogen (secondary N) is 1. The maximum Gasteiger partial charge on any atom is 0.187 e. The van der Waals surface area contributed by atoms with Gasteiger partial charge in [-0.05, 0) is 44.5 Å². The number of pyridine rings is 1. The summed E-state index contributed by atoms with van der Waals surface area (Å²) in [6, 6.07) is 12.4. The van der Waals surface area contributed by atoms with Gasteiger partial charge in [0.1, 0.15) is 11.3 Å². The van der Waals surface area contributed by atoms with E-state index in [1.165, 1.54) is 11.1 Å². The van der Waals surface area contributed by atoms with Gasteiger partial charge in [0.15, 0.2) is 5.13 Å². The molecule has 0 atom stereocenters. The number of hydrogen-bond acceptors (Lipinski definition) is 4. The van der Waals surface area contributed by atoms with Crippen LogP contribution in [-0.2, 0) is 0 Å². The predicted molar refractivity (Wildman–Crippen MR) is 100 cm³/mol. The van der Waals surface area contributed by atoms with E-state index in [2.05, 4.69) is 52.1 Å². The van der Waals surface area contributed by atoms with Gasteiger partial charge in [0.05, 0.1) is 11.4 Å². The summed E-state index contributed by atoms with van der Waals surface area (Å²) in [7, 11) is 0. The lowest BCUT2D eigenvalue weighted by atomic mass is 10.1. The third kappa shape index (κ3) is 2.57. The summed E-state index contributed by atoms with van der Waals surface area (Å²) in [4.78, 5) is 9.38. The van der Waals surface area contributed by atoms with Gasteiger partial charge >= 0.3 is 0 Å². The van der Waals surface area contributed by atoms with E-state index in [1.807, 2.05) is 31.3 Å². The first kappa shape index (κ1) is 14.9. The molecule has 1 aromatic carbocycles. The second-order valence-corrected chi connectivity index (χ2v) is 6.81. The highest BCUT2D eigenvalue weighted by Crippen LogP contribution is 2.30. The maximum absolute atomic E-state index is 4.77. The summed E-state index contributed by atoms with van der Waals surface area (Å²) < 4.78 is 2.09. The van der Waals surface area contributed by atoms with Gasteiger partial charge in [-0.1, -0.05) is 23.8 Å². The molecule has 4 aromatic rings. The molecule has 0 saturated carbocycles. The lowest BCUT2D eigenvalue weighted by Gasteiger charge is -2.07. The Balaban J connectivity index is 1.70. The number of aryl methyl sites for hydroxylation is 3. The lowest BCUT2D eigenvalue weighted by Crippen LogP contribution is -1.94. The second-order valence-electron chi connectivity index (χ2n) is 5.96. The molecule has 0 saturated heterocycles. The lowest BCUT2D eigenvalue weighted by molar-refractivity contribution is 1.17. The molecule has 0 amide bonds. The van der Waals surface area contributed by atoms with Crippen LogP contribution >= 0.6 is 11.3 Å². The molecule has 0 aliphatic carbocycles. The molecule has 0 bridgehead atoms. The average molecular weight is 334 g/mol. The summed E-state index contributed by atoms with van der Waals surface area (Å²) in [6.07, 6.45) is 2.03. The molecule has 3 aromatic heterocycles. The smallest absolute Gasteiger partial charge is 0.187 e. The second kappa shape index (κ2) is 5.76. The minimum Gasteiger partial charge on any atom is -0.331 e. The SMILES string of the molecule is Cc1ccc(Nc2nc(-c3c(C)nc4ccccn34)cs2)c(C)c1. The number of anilines is 2. The molecule has 120 valence electrons. The normalized spacial score (nSPS) is 11.1. The van der Waals surface area contributed by atoms with Gasteiger partial charge in [0.25, 0.3) is 0 Å². The number of hydrogen-bond donors (Lipinski definition) is 1. The van der Waals surface area contributed by atoms with Crippen LogP contribution in [-0.4, -0.2) is 14.4 Å². The Kier molecular flexibility index (Phi) is 3.58. The van der Waals surface area contributed by atoms with Gasteiger partial charge in [-0.3, -0.25) is 4.40 Å². The molecular formula is C19H18N4S. The molecule has 0 unspecified atom stereocenters. The van der Waals surface area contributed by atoms with Crippen LogP contribution in [0, 0.1) is 20.8 Å². The standard InChI is InChI=1S/C19H18N4S/c1-12-7-8-15(13(2)10-12)21-19-22-16(11-24-19)18-14(3)20-17-6-4-5-9-23(17)18/h4-11H,1-3H3,(H,21,22). The maximum atomic E-state index is 4.77. The van der Waals surface area contributed by atoms with E-state index in [1.54, 1.807) is 11.3 Å². The van der Waals surface area contributed by atoms with E-state index in [0.717, 1.165) is 33.5 Å². The quantitative estimate of drug-likeness (QED) is 0.565. The Bertz CT molecular complexity index is 1030. The molecule has 1 N–H and O–H groups in total. The van der Waals surface area contributed by atoms with Crippen molar-refractivity contribution in [2.75, 3.05) is 5.32 Å². The third-order valence-corrected chi connectivity index (χ3v) is 4.83. The number of thiazole rings is 1. The van der Waals surface area contributed by atoms with Crippen molar-refractivity contribution in [3.8, 4) is 11.4 Å². The molecule has 4 rings (SSSR count). The fraction of sp³-hybridized carbons (Fsp3) is 0.158. The van der Waals surface area contributed by atoms with Gasteiger partial charge in [-0.15, -0.1) is 11.3 Å². The van der Waals surface area contributed by atoms with Crippen molar-refractivity contribution in [3.05, 3.63) is 64.8 Å². The zero-order chi connectivity index (χ0) is 16.7. The Morgan fingerprint density at radius 3 is 2.75 bits per heavy atom. The van der Waals surface area contributed by atoms with Crippen molar-refractivity contribution < 1.29 is 0 Å². The molecule has 5 heteroatoms. The van der Waals surface area contributed by atoms with Crippen LogP contribution in [0.4, 0.5) is 10.8 Å². The summed E-state index contributed by atoms with van der Waals surface area (Å²) >= 11 is 1.61. The van der Waals surface area contributed by atoms with Crippen LogP contribution in [0.1, 0.15) is 16.8 Å². The number of fused-ring (bicyclic) bond motifs is 1. The minimum atomic E-state index is 0.891. The minimum absolute atomic E-state index is 0.891. The van der Waals surface area contributed by atoms with Crippen molar-refractivity contribution in [2.45, 2.75) is 20.8 Å². The molecule has 0 aliphatic rings. The monoisotopic (exact) mass is 334 g/mol. The molecule has 24 heavy (non-hydrogen) atoms. The zero-order valence-corrected chi connectivity index (χ0v) is 14.7. The van der Waals surface area contributed by atoms with Gasteiger partial charge in [0, 0.05) is 17.3 Å². The molecule has 0 fully saturated rings. The van der Waals surface area contributed by atoms with Crippen LogP contribution in [0.5, 0.6) is 0 Å². The Hall–Kier alpha value is -2.66. The third-order valence-electron chi connectivity index (χ3n) is 4.07. The predicted octanol–water partition coefficient (Wildman–Crippen LogP) is 5.13. The fourth-order valence-corrected chi connectivity index (χ4v) is 3.64. The van der Waals surface area contributed by atoms with Crippen molar-refractivity contribution in [3.63, 3.8) is 0 Å². The van der Waals surface area contributed by atoms with Crippen LogP contribution in [0.15, 0.2) is 48.0 Å². The molecule has 4 nitrogen and oxygen atoms in total. The first-order valence-electron chi connectivity index (χ1n) is 7.86. The zero-order valence-electron chi connectivity index (χ0n) is 13.9. The summed E-state index contributed by atoms with van der Waals surface area (Å²) in [6.45, 7) is 6.24. The average Bonchev–Trinajstić information content (AvgIpc) is 3.13. The van der Waals surface area contributed by atoms with Gasteiger partial charge in [-0.25, -0.2) is 9.97 Å². The van der Waals surface area contributed by atoms with Crippen molar-refractivity contribution in [1.29, 1.82) is 0 Å². The molecule has 0 spiro atoms. The number of benzene rings is 1. The number of rotatable bonds is 3. The highest BCUT2D eigenvalue weighted by atomic mass is 32.1. The number of nitrogens with zero attached hydrogens (tertiary/aromatic N) is 3. The van der Waals surface area contributed by atoms with Gasteiger partial charge in [-0.2, -0.15) is 0 Å². The van der Waals surface area contributed by atoms with Gasteiger partial charge in [0.2, 0.25) is 0 Å². The summed E-state index contributed by atoms with van der Waals surface area (Å²) in [5.74, 6) is 0. The van der Waals surface area contributed by atoms with Crippen molar-refractivity contribution in [2.24, 2.45) is 0 Å². The van der Waals surface area contributed by atoms with E-state index in [4.69, 9.17) is 4.98 Å². The van der Waals surface area contributed by atoms with Crippen LogP contribution in [0.2, 0.25) is 0 Å². The molecule has 0 radical (unpaired) electrons.